The molecule has 0 saturated carbocycles. The Morgan fingerprint density at radius 2 is 1.06 bits per heavy atom. The van der Waals surface area contributed by atoms with Crippen LogP contribution in [0.15, 0.2) is 8.18 Å². The monoisotopic (exact) mass is 436 g/mol. The topological polar surface area (TPSA) is 18.5 Å². The fourth-order valence-corrected chi connectivity index (χ4v) is 21.8. The van der Waals surface area contributed by atoms with Gasteiger partial charge in [-0.1, -0.05) is 0 Å². The first-order chi connectivity index (χ1) is 7.33. The standard InChI is InChI=1S/2C3H3O.C2H2.4CH3.2Sn/c2*1-3-4-2;1-2;;;;;;/h2*2H3;1-2H;4*1H3;;. The normalized spacial score (nSPS) is 11.1. The van der Waals surface area contributed by atoms with Crippen LogP contribution in [-0.2, 0) is 9.47 Å². The van der Waals surface area contributed by atoms with Gasteiger partial charge in [0.25, 0.3) is 0 Å². The molecule has 0 radical (unpaired) electrons. The summed E-state index contributed by atoms with van der Waals surface area (Å²) in [4.78, 5) is 9.07. The van der Waals surface area contributed by atoms with Gasteiger partial charge in [0, 0.05) is 0 Å². The van der Waals surface area contributed by atoms with Crippen LogP contribution in [-0.4, -0.2) is 51.0 Å². The molecule has 0 fully saturated rings. The van der Waals surface area contributed by atoms with Crippen molar-refractivity contribution in [3.63, 3.8) is 0 Å². The number of hydrogen-bond donors (Lipinski definition) is 0. The molecule has 0 unspecified atom stereocenters. The summed E-state index contributed by atoms with van der Waals surface area (Å²) < 4.78 is 20.8. The van der Waals surface area contributed by atoms with E-state index in [-0.39, 0.29) is 0 Å². The van der Waals surface area contributed by atoms with E-state index in [1.165, 1.54) is 0 Å². The molecule has 2 nitrogen and oxygen atoms in total. The zero-order chi connectivity index (χ0) is 12.7. The van der Waals surface area contributed by atoms with Gasteiger partial charge < -0.3 is 0 Å². The Hall–Kier alpha value is 0.0574. The van der Waals surface area contributed by atoms with Crippen molar-refractivity contribution in [1.29, 1.82) is 0 Å². The van der Waals surface area contributed by atoms with Gasteiger partial charge in [0.1, 0.15) is 0 Å². The van der Waals surface area contributed by atoms with E-state index in [9.17, 15) is 0 Å². The summed E-state index contributed by atoms with van der Waals surface area (Å²) in [6.45, 7) is 0. The molecule has 88 valence electrons. The van der Waals surface area contributed by atoms with Crippen LogP contribution in [0.5, 0.6) is 0 Å². The quantitative estimate of drug-likeness (QED) is 0.492. The van der Waals surface area contributed by atoms with Gasteiger partial charge in [-0.05, 0) is 0 Å². The van der Waals surface area contributed by atoms with Crippen LogP contribution >= 0.6 is 0 Å². The van der Waals surface area contributed by atoms with Gasteiger partial charge in [-0.25, -0.2) is 0 Å². The van der Waals surface area contributed by atoms with E-state index in [0.29, 0.717) is 0 Å². The molecule has 0 aromatic heterocycles. The van der Waals surface area contributed by atoms with Crippen LogP contribution in [0.25, 0.3) is 0 Å². The van der Waals surface area contributed by atoms with Crippen LogP contribution < -0.4 is 0 Å². The number of ether oxygens (including phenoxy) is 2. The fourth-order valence-electron chi connectivity index (χ4n) is 0.865. The molecule has 0 rings (SSSR count). The minimum atomic E-state index is -2.33. The minimum absolute atomic E-state index is 1.60. The predicted molar refractivity (Wildman–Crippen MR) is 73.7 cm³/mol. The number of hydrogen-bond acceptors (Lipinski definition) is 2. The molecule has 0 spiro atoms. The summed E-state index contributed by atoms with van der Waals surface area (Å²) >= 11 is -4.65. The van der Waals surface area contributed by atoms with Gasteiger partial charge >= 0.3 is 108 Å². The van der Waals surface area contributed by atoms with Crippen molar-refractivity contribution in [2.75, 3.05) is 14.2 Å². The molecular weight excluding hydrogens is 414 g/mol. The molecule has 16 heavy (non-hydrogen) atoms. The van der Waals surface area contributed by atoms with E-state index >= 15 is 0 Å². The fraction of sp³-hybridized carbons (Fsp3) is 0.500. The van der Waals surface area contributed by atoms with Gasteiger partial charge in [-0.2, -0.15) is 0 Å². The Morgan fingerprint density at radius 3 is 1.31 bits per heavy atom. The summed E-state index contributed by atoms with van der Waals surface area (Å²) in [6.07, 6.45) is 5.45. The average molecular weight is 434 g/mol. The van der Waals surface area contributed by atoms with Crippen molar-refractivity contribution in [2.45, 2.75) is 19.8 Å². The Bertz CT molecular complexity index is 326. The Labute approximate surface area is 108 Å². The summed E-state index contributed by atoms with van der Waals surface area (Å²) in [7, 11) is 3.21. The van der Waals surface area contributed by atoms with E-state index in [0.717, 1.165) is 0 Å². The first-order valence-corrected chi connectivity index (χ1v) is 22.7. The maximum absolute atomic E-state index is 4.80. The molecule has 0 aliphatic carbocycles. The second-order valence-corrected chi connectivity index (χ2v) is 27.6. The molecule has 0 saturated heterocycles. The first-order valence-electron chi connectivity index (χ1n) is 5.14. The average Bonchev–Trinajstić information content (AvgIpc) is 2.22. The van der Waals surface area contributed by atoms with Gasteiger partial charge in [0.05, 0.1) is 0 Å². The summed E-state index contributed by atoms with van der Waals surface area (Å²) in [5.74, 6) is 0. The molecule has 0 amide bonds. The molecular formula is C12H20O2Sn2. The molecule has 0 N–H and O–H groups in total. The third-order valence-corrected chi connectivity index (χ3v) is 14.6. The maximum atomic E-state index is 4.80. The van der Waals surface area contributed by atoms with E-state index < -0.39 is 36.8 Å². The molecule has 0 atom stereocenters. The van der Waals surface area contributed by atoms with E-state index in [1.54, 1.807) is 14.2 Å². The molecule has 4 heteroatoms. The molecule has 0 bridgehead atoms. The van der Waals surface area contributed by atoms with Crippen molar-refractivity contribution in [3.8, 4) is 20.1 Å². The molecule has 0 aromatic carbocycles. The van der Waals surface area contributed by atoms with Gasteiger partial charge in [0.2, 0.25) is 0 Å². The predicted octanol–water partition coefficient (Wildman–Crippen LogP) is 2.33. The Morgan fingerprint density at radius 1 is 0.750 bits per heavy atom. The molecule has 0 heterocycles. The SMILES string of the molecule is COC#[C][Sn]([CH3])([CH3])[CH]=[CH][Sn]([CH3])([CH3])[C]#COC. The van der Waals surface area contributed by atoms with Gasteiger partial charge in [-0.15, -0.1) is 0 Å². The summed E-state index contributed by atoms with van der Waals surface area (Å²) in [6, 6.07) is 0. The van der Waals surface area contributed by atoms with Crippen LogP contribution in [0.3, 0.4) is 0 Å². The summed E-state index contributed by atoms with van der Waals surface area (Å²) in [5, 5.41) is 0. The van der Waals surface area contributed by atoms with Crippen LogP contribution in [0.1, 0.15) is 0 Å². The Balaban J connectivity index is 4.70. The van der Waals surface area contributed by atoms with Crippen molar-refractivity contribution >= 4 is 36.8 Å². The number of methoxy groups -OCH3 is 2. The molecule has 0 aliphatic heterocycles. The zero-order valence-corrected chi connectivity index (χ0v) is 16.7. The van der Waals surface area contributed by atoms with Crippen molar-refractivity contribution < 1.29 is 9.47 Å². The van der Waals surface area contributed by atoms with E-state index in [1.807, 2.05) is 0 Å². The van der Waals surface area contributed by atoms with Crippen molar-refractivity contribution in [2.24, 2.45) is 0 Å². The van der Waals surface area contributed by atoms with E-state index in [4.69, 9.17) is 9.47 Å². The zero-order valence-electron chi connectivity index (χ0n) is 11.0. The van der Waals surface area contributed by atoms with Crippen LogP contribution in [0.2, 0.25) is 19.8 Å². The van der Waals surface area contributed by atoms with Crippen molar-refractivity contribution in [3.05, 3.63) is 8.18 Å². The third-order valence-electron chi connectivity index (χ3n) is 1.87. The summed E-state index contributed by atoms with van der Waals surface area (Å²) in [5.41, 5.74) is 0. The van der Waals surface area contributed by atoms with Crippen molar-refractivity contribution in [1.82, 2.24) is 0 Å². The molecule has 0 aliphatic rings. The van der Waals surface area contributed by atoms with Gasteiger partial charge in [0.15, 0.2) is 0 Å². The Kier molecular flexibility index (Phi) is 7.42. The van der Waals surface area contributed by atoms with Crippen LogP contribution in [0.4, 0.5) is 0 Å². The second-order valence-electron chi connectivity index (χ2n) is 4.64. The third kappa shape index (κ3) is 8.24. The second kappa shape index (κ2) is 7.40. The van der Waals surface area contributed by atoms with Gasteiger partial charge in [-0.3, -0.25) is 0 Å². The molecule has 0 aromatic rings. The first kappa shape index (κ1) is 16.1. The number of rotatable bonds is 2. The van der Waals surface area contributed by atoms with E-state index in [2.05, 4.69) is 48.0 Å². The van der Waals surface area contributed by atoms with Crippen LogP contribution in [0, 0.1) is 20.1 Å².